The Kier molecular flexibility index (Phi) is 3.83. The molecule has 4 saturated carbocycles. The van der Waals surface area contributed by atoms with Crippen LogP contribution in [-0.4, -0.2) is 61.3 Å². The third-order valence-corrected chi connectivity index (χ3v) is 10.0. The average Bonchev–Trinajstić information content (AvgIpc) is 3.06. The molecule has 0 aromatic carbocycles. The Bertz CT molecular complexity index is 729. The molecule has 1 heterocycles. The van der Waals surface area contributed by atoms with Gasteiger partial charge in [-0.1, -0.05) is 13.8 Å². The summed E-state index contributed by atoms with van der Waals surface area (Å²) in [7, 11) is 0. The Balaban J connectivity index is 1.75. The first-order chi connectivity index (χ1) is 13.1. The zero-order valence-electron chi connectivity index (χ0n) is 18.6. The molecule has 29 heavy (non-hydrogen) atoms. The van der Waals surface area contributed by atoms with E-state index in [-0.39, 0.29) is 17.8 Å². The van der Waals surface area contributed by atoms with E-state index in [1.807, 2.05) is 41.5 Å². The van der Waals surface area contributed by atoms with Gasteiger partial charge in [0.25, 0.3) is 0 Å². The fourth-order valence-electron chi connectivity index (χ4n) is 8.77. The van der Waals surface area contributed by atoms with Crippen LogP contribution in [0.4, 0.5) is 0 Å². The maximum absolute atomic E-state index is 12.1. The first-order valence-electron chi connectivity index (χ1n) is 11.3. The van der Waals surface area contributed by atoms with Crippen LogP contribution in [0, 0.1) is 28.6 Å². The Morgan fingerprint density at radius 2 is 1.55 bits per heavy atom. The van der Waals surface area contributed by atoms with Gasteiger partial charge in [-0.25, -0.2) is 0 Å². The second-order valence-electron chi connectivity index (χ2n) is 12.3. The molecule has 4 aliphatic carbocycles. The van der Waals surface area contributed by atoms with E-state index in [0.717, 1.165) is 12.8 Å². The Morgan fingerprint density at radius 3 is 2.21 bits per heavy atom. The first kappa shape index (κ1) is 20.7. The van der Waals surface area contributed by atoms with E-state index >= 15 is 0 Å². The number of fused-ring (bicyclic) bond motifs is 1. The number of aliphatic hydroxyl groups is 4. The van der Waals surface area contributed by atoms with Crippen molar-refractivity contribution in [1.29, 1.82) is 0 Å². The molecular weight excluding hydrogens is 372 g/mol. The van der Waals surface area contributed by atoms with Gasteiger partial charge in [-0.2, -0.15) is 0 Å². The number of aliphatic hydroxyl groups excluding tert-OH is 2. The molecule has 166 valence electrons. The van der Waals surface area contributed by atoms with Crippen molar-refractivity contribution in [3.63, 3.8) is 0 Å². The lowest BCUT2D eigenvalue weighted by Crippen LogP contribution is -2.61. The maximum atomic E-state index is 12.1. The summed E-state index contributed by atoms with van der Waals surface area (Å²) in [6, 6.07) is 0. The van der Waals surface area contributed by atoms with E-state index in [4.69, 9.17) is 9.47 Å². The highest BCUT2D eigenvalue weighted by Gasteiger charge is 2.81. The minimum atomic E-state index is -1.15. The van der Waals surface area contributed by atoms with E-state index < -0.39 is 51.7 Å². The fourth-order valence-corrected chi connectivity index (χ4v) is 8.77. The van der Waals surface area contributed by atoms with E-state index in [1.165, 1.54) is 0 Å². The molecule has 1 aliphatic heterocycles. The zero-order valence-corrected chi connectivity index (χ0v) is 18.6. The fraction of sp³-hybridized carbons (Fsp3) is 1.00. The van der Waals surface area contributed by atoms with Crippen molar-refractivity contribution in [3.05, 3.63) is 0 Å². The highest BCUT2D eigenvalue weighted by Crippen LogP contribution is 2.72. The molecule has 5 fully saturated rings. The predicted molar refractivity (Wildman–Crippen MR) is 106 cm³/mol. The average molecular weight is 411 g/mol. The summed E-state index contributed by atoms with van der Waals surface area (Å²) < 4.78 is 13.0. The van der Waals surface area contributed by atoms with Crippen LogP contribution in [0.1, 0.15) is 73.6 Å². The van der Waals surface area contributed by atoms with Gasteiger partial charge < -0.3 is 29.9 Å². The van der Waals surface area contributed by atoms with E-state index in [0.29, 0.717) is 19.3 Å². The second-order valence-corrected chi connectivity index (χ2v) is 12.3. The van der Waals surface area contributed by atoms with Crippen molar-refractivity contribution in [2.45, 2.75) is 115 Å². The summed E-state index contributed by atoms with van der Waals surface area (Å²) in [5, 5.41) is 46.3. The molecule has 0 amide bonds. The smallest absolute Gasteiger partial charge is 0.164 e. The molecule has 2 spiro atoms. The Hall–Kier alpha value is -0.240. The molecule has 0 radical (unpaired) electrons. The van der Waals surface area contributed by atoms with Crippen molar-refractivity contribution in [1.82, 2.24) is 0 Å². The molecule has 0 aromatic rings. The molecule has 6 heteroatoms. The van der Waals surface area contributed by atoms with Crippen molar-refractivity contribution < 1.29 is 29.9 Å². The molecule has 5 aliphatic rings. The third-order valence-electron chi connectivity index (χ3n) is 10.0. The lowest BCUT2D eigenvalue weighted by atomic mass is 9.58. The maximum Gasteiger partial charge on any atom is 0.164 e. The molecule has 4 N–H and O–H groups in total. The summed E-state index contributed by atoms with van der Waals surface area (Å²) in [6.07, 6.45) is 0.937. The normalized spacial score (nSPS) is 62.3. The molecule has 10 atom stereocenters. The molecule has 0 aromatic heterocycles. The number of rotatable bonds is 0. The SMILES string of the molecule is CC1(C)O[C@@H]2[C@@H](O)C34C[C@H](CC[C@H]3[C@@](C)(O)C3C[C@H](O)C(C)(C)C32O1)[C@](C)(O)C4. The van der Waals surface area contributed by atoms with E-state index in [2.05, 4.69) is 0 Å². The van der Waals surface area contributed by atoms with Crippen LogP contribution in [0.3, 0.4) is 0 Å². The van der Waals surface area contributed by atoms with Crippen LogP contribution in [0.2, 0.25) is 0 Å². The largest absolute Gasteiger partial charge is 0.392 e. The molecular formula is C23H38O6. The van der Waals surface area contributed by atoms with Crippen molar-refractivity contribution in [2.24, 2.45) is 28.6 Å². The lowest BCUT2D eigenvalue weighted by molar-refractivity contribution is -0.227. The molecule has 2 bridgehead atoms. The highest BCUT2D eigenvalue weighted by atomic mass is 16.8. The summed E-state index contributed by atoms with van der Waals surface area (Å²) in [5.41, 5.74) is -4.34. The quantitative estimate of drug-likeness (QED) is 0.487. The monoisotopic (exact) mass is 410 g/mol. The topological polar surface area (TPSA) is 99.4 Å². The summed E-state index contributed by atoms with van der Waals surface area (Å²) in [6.45, 7) is 11.4. The van der Waals surface area contributed by atoms with Gasteiger partial charge in [-0.05, 0) is 71.6 Å². The first-order valence-corrected chi connectivity index (χ1v) is 11.3. The van der Waals surface area contributed by atoms with Gasteiger partial charge in [0.1, 0.15) is 11.7 Å². The minimum absolute atomic E-state index is 0.118. The van der Waals surface area contributed by atoms with Gasteiger partial charge >= 0.3 is 0 Å². The van der Waals surface area contributed by atoms with Crippen LogP contribution >= 0.6 is 0 Å². The Labute approximate surface area is 173 Å². The van der Waals surface area contributed by atoms with Gasteiger partial charge in [-0.3, -0.25) is 0 Å². The summed E-state index contributed by atoms with van der Waals surface area (Å²) >= 11 is 0. The molecule has 3 unspecified atom stereocenters. The zero-order chi connectivity index (χ0) is 21.4. The third kappa shape index (κ3) is 2.19. The van der Waals surface area contributed by atoms with E-state index in [9.17, 15) is 20.4 Å². The van der Waals surface area contributed by atoms with Gasteiger partial charge in [0.2, 0.25) is 0 Å². The predicted octanol–water partition coefficient (Wildman–Crippen LogP) is 1.97. The standard InChI is InChI=1S/C23H38O6/c1-18(2)15(24)9-14-21(6,27)13-8-7-12-10-22(13,11-20(12,5)26)16(25)17-23(14,18)29-19(3,4)28-17/h12-17,24-27H,7-11H2,1-6H3/t12-,13-,14?,15-,16+,17+,20+,21+,22?,23?/m0/s1. The minimum Gasteiger partial charge on any atom is -0.392 e. The van der Waals surface area contributed by atoms with Gasteiger partial charge in [0, 0.05) is 16.7 Å². The van der Waals surface area contributed by atoms with Gasteiger partial charge in [0.15, 0.2) is 5.79 Å². The van der Waals surface area contributed by atoms with Crippen molar-refractivity contribution >= 4 is 0 Å². The molecule has 6 nitrogen and oxygen atoms in total. The number of ether oxygens (including phenoxy) is 2. The van der Waals surface area contributed by atoms with Crippen LogP contribution in [-0.2, 0) is 9.47 Å². The summed E-state index contributed by atoms with van der Waals surface area (Å²) in [4.78, 5) is 0. The van der Waals surface area contributed by atoms with Crippen LogP contribution < -0.4 is 0 Å². The molecule has 1 saturated heterocycles. The van der Waals surface area contributed by atoms with Crippen LogP contribution in [0.15, 0.2) is 0 Å². The van der Waals surface area contributed by atoms with Gasteiger partial charge in [0.05, 0.1) is 23.4 Å². The van der Waals surface area contributed by atoms with Crippen LogP contribution in [0.5, 0.6) is 0 Å². The van der Waals surface area contributed by atoms with E-state index in [1.54, 1.807) is 0 Å². The summed E-state index contributed by atoms with van der Waals surface area (Å²) in [5.74, 6) is -1.36. The molecule has 5 rings (SSSR count). The highest BCUT2D eigenvalue weighted by molar-refractivity contribution is 5.28. The Morgan fingerprint density at radius 1 is 0.897 bits per heavy atom. The number of hydrogen-bond acceptors (Lipinski definition) is 6. The van der Waals surface area contributed by atoms with Crippen molar-refractivity contribution in [2.75, 3.05) is 0 Å². The lowest BCUT2D eigenvalue weighted by Gasteiger charge is -2.51. The number of hydrogen-bond donors (Lipinski definition) is 4. The van der Waals surface area contributed by atoms with Crippen LogP contribution in [0.25, 0.3) is 0 Å². The van der Waals surface area contributed by atoms with Crippen molar-refractivity contribution in [3.8, 4) is 0 Å². The van der Waals surface area contributed by atoms with Gasteiger partial charge in [-0.15, -0.1) is 0 Å². The second kappa shape index (κ2) is 5.38.